The summed E-state index contributed by atoms with van der Waals surface area (Å²) in [4.78, 5) is 10.1. The van der Waals surface area contributed by atoms with Crippen LogP contribution < -0.4 is 0 Å². The molecule has 0 amide bonds. The highest BCUT2D eigenvalue weighted by Gasteiger charge is 1.95. The van der Waals surface area contributed by atoms with Gasteiger partial charge in [0.25, 0.3) is 0 Å². The van der Waals surface area contributed by atoms with Gasteiger partial charge in [0.05, 0.1) is 0 Å². The lowest BCUT2D eigenvalue weighted by Crippen LogP contribution is -1.98. The number of Topliss-reactive ketones (excluding diaryl/α,β-unsaturated/α-hetero) is 1. The third kappa shape index (κ3) is 12.1. The molecule has 0 rings (SSSR count). The predicted octanol–water partition coefficient (Wildman–Crippen LogP) is 3.59. The molecule has 0 saturated carbocycles. The van der Waals surface area contributed by atoms with Gasteiger partial charge in [0.2, 0.25) is 0 Å². The molecule has 0 unspecified atom stereocenters. The van der Waals surface area contributed by atoms with Gasteiger partial charge in [-0.15, -0.1) is 0 Å². The summed E-state index contributed by atoms with van der Waals surface area (Å²) in [5.74, 6) is 0.472. The number of rotatable bonds is 1. The SMILES string of the molecule is CC(=O)C(C)C.CC(C)=C(C)C. The Hall–Kier alpha value is -0.590. The molecule has 0 aliphatic carbocycles. The Morgan fingerprint density at radius 3 is 1.00 bits per heavy atom. The molecule has 0 aromatic rings. The monoisotopic (exact) mass is 170 g/mol. The molecule has 0 bridgehead atoms. The highest BCUT2D eigenvalue weighted by atomic mass is 16.1. The minimum absolute atomic E-state index is 0.213. The van der Waals surface area contributed by atoms with Gasteiger partial charge in [-0.05, 0) is 34.6 Å². The van der Waals surface area contributed by atoms with E-state index in [0.29, 0.717) is 0 Å². The maximum absolute atomic E-state index is 10.1. The van der Waals surface area contributed by atoms with Crippen LogP contribution in [0.15, 0.2) is 11.1 Å². The first-order chi connectivity index (χ1) is 5.29. The summed E-state index contributed by atoms with van der Waals surface area (Å²) in [5.41, 5.74) is 2.85. The van der Waals surface area contributed by atoms with Gasteiger partial charge in [-0.1, -0.05) is 25.0 Å². The Morgan fingerprint density at radius 2 is 1.00 bits per heavy atom. The minimum atomic E-state index is 0.213. The zero-order valence-corrected chi connectivity index (χ0v) is 9.49. The summed E-state index contributed by atoms with van der Waals surface area (Å²) in [6.07, 6.45) is 0. The largest absolute Gasteiger partial charge is 0.300 e. The van der Waals surface area contributed by atoms with Crippen molar-refractivity contribution in [3.8, 4) is 0 Å². The van der Waals surface area contributed by atoms with E-state index < -0.39 is 0 Å². The molecule has 0 heterocycles. The minimum Gasteiger partial charge on any atom is -0.300 e. The van der Waals surface area contributed by atoms with Crippen molar-refractivity contribution >= 4 is 5.78 Å². The fraction of sp³-hybridized carbons (Fsp3) is 0.727. The Labute approximate surface area is 76.9 Å². The first kappa shape index (κ1) is 14.0. The molecule has 0 atom stereocenters. The summed E-state index contributed by atoms with van der Waals surface area (Å²) < 4.78 is 0. The van der Waals surface area contributed by atoms with Crippen molar-refractivity contribution in [2.75, 3.05) is 0 Å². The highest BCUT2D eigenvalue weighted by Crippen LogP contribution is 1.97. The van der Waals surface area contributed by atoms with Crippen molar-refractivity contribution in [3.05, 3.63) is 11.1 Å². The van der Waals surface area contributed by atoms with Crippen LogP contribution in [0.2, 0.25) is 0 Å². The van der Waals surface area contributed by atoms with Crippen molar-refractivity contribution in [1.29, 1.82) is 0 Å². The van der Waals surface area contributed by atoms with E-state index in [0.717, 1.165) is 0 Å². The smallest absolute Gasteiger partial charge is 0.132 e. The molecule has 0 fully saturated rings. The number of hydrogen-bond acceptors (Lipinski definition) is 1. The molecular weight excluding hydrogens is 148 g/mol. The van der Waals surface area contributed by atoms with Crippen LogP contribution in [0.25, 0.3) is 0 Å². The van der Waals surface area contributed by atoms with E-state index in [9.17, 15) is 4.79 Å². The van der Waals surface area contributed by atoms with Gasteiger partial charge in [0.15, 0.2) is 0 Å². The normalized spacial score (nSPS) is 8.67. The Morgan fingerprint density at radius 1 is 0.833 bits per heavy atom. The third-order valence-corrected chi connectivity index (χ3v) is 1.81. The van der Waals surface area contributed by atoms with Crippen LogP contribution >= 0.6 is 0 Å². The van der Waals surface area contributed by atoms with E-state index in [4.69, 9.17) is 0 Å². The number of carbonyl (C=O) groups excluding carboxylic acids is 1. The standard InChI is InChI=1S/C6H12.C5H10O/c1-5(2)6(3)4;1-4(2)5(3)6/h1-4H3;4H,1-3H3. The van der Waals surface area contributed by atoms with Crippen LogP contribution in [0.3, 0.4) is 0 Å². The molecule has 0 aromatic carbocycles. The fourth-order valence-corrected chi connectivity index (χ4v) is 0. The van der Waals surface area contributed by atoms with Gasteiger partial charge < -0.3 is 0 Å². The molecule has 0 spiro atoms. The van der Waals surface area contributed by atoms with Gasteiger partial charge in [-0.2, -0.15) is 0 Å². The van der Waals surface area contributed by atoms with E-state index >= 15 is 0 Å². The third-order valence-electron chi connectivity index (χ3n) is 1.81. The van der Waals surface area contributed by atoms with Gasteiger partial charge in [-0.3, -0.25) is 4.79 Å². The summed E-state index contributed by atoms with van der Waals surface area (Å²) >= 11 is 0. The van der Waals surface area contributed by atoms with E-state index in [1.807, 2.05) is 13.8 Å². The molecule has 0 radical (unpaired) electrons. The predicted molar refractivity (Wildman–Crippen MR) is 55.2 cm³/mol. The Bertz CT molecular complexity index is 146. The molecule has 12 heavy (non-hydrogen) atoms. The topological polar surface area (TPSA) is 17.1 Å². The maximum atomic E-state index is 10.1. The number of allylic oxidation sites excluding steroid dienone is 2. The molecule has 0 aromatic heterocycles. The van der Waals surface area contributed by atoms with Crippen LogP contribution in [-0.2, 0) is 4.79 Å². The van der Waals surface area contributed by atoms with E-state index in [-0.39, 0.29) is 11.7 Å². The van der Waals surface area contributed by atoms with Crippen LogP contribution in [0.1, 0.15) is 48.5 Å². The van der Waals surface area contributed by atoms with Crippen LogP contribution in [-0.4, -0.2) is 5.78 Å². The second-order valence-corrected chi connectivity index (χ2v) is 3.77. The number of carbonyl (C=O) groups is 1. The molecular formula is C11H22O. The maximum Gasteiger partial charge on any atom is 0.132 e. The van der Waals surface area contributed by atoms with E-state index in [2.05, 4.69) is 27.7 Å². The van der Waals surface area contributed by atoms with Crippen LogP contribution in [0.5, 0.6) is 0 Å². The second-order valence-electron chi connectivity index (χ2n) is 3.77. The molecule has 0 saturated heterocycles. The van der Waals surface area contributed by atoms with Crippen molar-refractivity contribution in [2.24, 2.45) is 5.92 Å². The average molecular weight is 170 g/mol. The lowest BCUT2D eigenvalue weighted by molar-refractivity contribution is -0.119. The molecule has 0 aliphatic rings. The molecule has 72 valence electrons. The quantitative estimate of drug-likeness (QED) is 0.550. The number of hydrogen-bond donors (Lipinski definition) is 0. The lowest BCUT2D eigenvalue weighted by Gasteiger charge is -1.90. The zero-order chi connectivity index (χ0) is 10.3. The fourth-order valence-electron chi connectivity index (χ4n) is 0. The van der Waals surface area contributed by atoms with Crippen molar-refractivity contribution in [1.82, 2.24) is 0 Å². The number of ketones is 1. The average Bonchev–Trinajstić information content (AvgIpc) is 1.88. The van der Waals surface area contributed by atoms with Crippen molar-refractivity contribution in [3.63, 3.8) is 0 Å². The van der Waals surface area contributed by atoms with Crippen LogP contribution in [0, 0.1) is 5.92 Å². The van der Waals surface area contributed by atoms with E-state index in [1.165, 1.54) is 11.1 Å². The highest BCUT2D eigenvalue weighted by molar-refractivity contribution is 5.77. The van der Waals surface area contributed by atoms with E-state index in [1.54, 1.807) is 6.92 Å². The molecule has 1 heteroatoms. The van der Waals surface area contributed by atoms with Crippen molar-refractivity contribution < 1.29 is 4.79 Å². The summed E-state index contributed by atoms with van der Waals surface area (Å²) in [6, 6.07) is 0. The van der Waals surface area contributed by atoms with Crippen LogP contribution in [0.4, 0.5) is 0 Å². The summed E-state index contributed by atoms with van der Waals surface area (Å²) in [5, 5.41) is 0. The Balaban J connectivity index is 0. The zero-order valence-electron chi connectivity index (χ0n) is 9.49. The first-order valence-electron chi connectivity index (χ1n) is 4.40. The molecule has 1 nitrogen and oxygen atoms in total. The first-order valence-corrected chi connectivity index (χ1v) is 4.40. The van der Waals surface area contributed by atoms with Gasteiger partial charge >= 0.3 is 0 Å². The van der Waals surface area contributed by atoms with Gasteiger partial charge in [0.1, 0.15) is 5.78 Å². The second kappa shape index (κ2) is 7.08. The van der Waals surface area contributed by atoms with Gasteiger partial charge in [0, 0.05) is 5.92 Å². The lowest BCUT2D eigenvalue weighted by atomic mass is 10.1. The van der Waals surface area contributed by atoms with Crippen molar-refractivity contribution in [2.45, 2.75) is 48.5 Å². The Kier molecular flexibility index (Phi) is 8.24. The molecule has 0 N–H and O–H groups in total. The summed E-state index contributed by atoms with van der Waals surface area (Å²) in [7, 11) is 0. The molecule has 0 aliphatic heterocycles. The summed E-state index contributed by atoms with van der Waals surface area (Å²) in [6.45, 7) is 13.9. The van der Waals surface area contributed by atoms with Gasteiger partial charge in [-0.25, -0.2) is 0 Å².